The SMILES string of the molecule is CNCC1Cc2ccc(CNS(=O)(=O)c3cnn(C)c3)cc2C1Cc1ccccc1. The maximum atomic E-state index is 12.5. The molecule has 4 rings (SSSR count). The number of hydrogen-bond donors (Lipinski definition) is 2. The number of aryl methyl sites for hydroxylation is 1. The third-order valence-corrected chi connectivity index (χ3v) is 7.24. The molecule has 0 bridgehead atoms. The molecule has 1 aliphatic carbocycles. The van der Waals surface area contributed by atoms with Gasteiger partial charge < -0.3 is 5.32 Å². The van der Waals surface area contributed by atoms with E-state index in [9.17, 15) is 8.42 Å². The average molecular weight is 425 g/mol. The van der Waals surface area contributed by atoms with E-state index in [1.165, 1.54) is 33.8 Å². The van der Waals surface area contributed by atoms with Crippen molar-refractivity contribution >= 4 is 10.0 Å². The Morgan fingerprint density at radius 2 is 1.93 bits per heavy atom. The topological polar surface area (TPSA) is 76.0 Å². The van der Waals surface area contributed by atoms with Gasteiger partial charge in [-0.2, -0.15) is 5.10 Å². The second kappa shape index (κ2) is 8.71. The van der Waals surface area contributed by atoms with Gasteiger partial charge in [0, 0.05) is 19.8 Å². The van der Waals surface area contributed by atoms with Crippen LogP contribution in [0.1, 0.15) is 28.2 Å². The van der Waals surface area contributed by atoms with Crippen molar-refractivity contribution in [1.82, 2.24) is 19.8 Å². The second-order valence-corrected chi connectivity index (χ2v) is 9.79. The van der Waals surface area contributed by atoms with Crippen molar-refractivity contribution in [2.45, 2.75) is 30.2 Å². The molecule has 2 atom stereocenters. The quantitative estimate of drug-likeness (QED) is 0.583. The van der Waals surface area contributed by atoms with E-state index >= 15 is 0 Å². The third-order valence-electron chi connectivity index (χ3n) is 5.88. The van der Waals surface area contributed by atoms with E-state index in [0.29, 0.717) is 11.8 Å². The highest BCUT2D eigenvalue weighted by Crippen LogP contribution is 2.40. The van der Waals surface area contributed by atoms with E-state index < -0.39 is 10.0 Å². The zero-order valence-electron chi connectivity index (χ0n) is 17.4. The number of rotatable bonds is 8. The van der Waals surface area contributed by atoms with Crippen LogP contribution < -0.4 is 10.0 Å². The van der Waals surface area contributed by atoms with Crippen molar-refractivity contribution in [3.8, 4) is 0 Å². The molecule has 3 aromatic rings. The Kier molecular flexibility index (Phi) is 6.04. The van der Waals surface area contributed by atoms with E-state index in [4.69, 9.17) is 0 Å². The maximum Gasteiger partial charge on any atom is 0.243 e. The van der Waals surface area contributed by atoms with Crippen molar-refractivity contribution in [3.05, 3.63) is 83.2 Å². The van der Waals surface area contributed by atoms with Gasteiger partial charge in [0.2, 0.25) is 10.0 Å². The van der Waals surface area contributed by atoms with Crippen LogP contribution in [0.3, 0.4) is 0 Å². The first kappa shape index (κ1) is 20.8. The number of sulfonamides is 1. The molecule has 2 N–H and O–H groups in total. The lowest BCUT2D eigenvalue weighted by Crippen LogP contribution is -2.24. The lowest BCUT2D eigenvalue weighted by Gasteiger charge is -2.21. The standard InChI is InChI=1S/C23H28N4O2S/c1-24-14-20-12-19-9-8-18(13-26-30(28,29)21-15-25-27(2)16-21)11-22(19)23(20)10-17-6-4-3-5-7-17/h3-9,11,15-16,20,23-24,26H,10,12-14H2,1-2H3. The van der Waals surface area contributed by atoms with Gasteiger partial charge in [-0.05, 0) is 60.5 Å². The summed E-state index contributed by atoms with van der Waals surface area (Å²) in [6, 6.07) is 17.0. The summed E-state index contributed by atoms with van der Waals surface area (Å²) < 4.78 is 29.2. The van der Waals surface area contributed by atoms with Crippen LogP contribution in [0.5, 0.6) is 0 Å². The fourth-order valence-electron chi connectivity index (χ4n) is 4.38. The van der Waals surface area contributed by atoms with Gasteiger partial charge in [0.15, 0.2) is 0 Å². The molecule has 0 amide bonds. The molecule has 0 saturated carbocycles. The Balaban J connectivity index is 1.54. The highest BCUT2D eigenvalue weighted by atomic mass is 32.2. The molecule has 0 spiro atoms. The number of benzene rings is 2. The zero-order valence-corrected chi connectivity index (χ0v) is 18.2. The minimum absolute atomic E-state index is 0.183. The summed E-state index contributed by atoms with van der Waals surface area (Å²) >= 11 is 0. The summed E-state index contributed by atoms with van der Waals surface area (Å²) in [7, 11) is 0.127. The number of nitrogens with one attached hydrogen (secondary N) is 2. The summed E-state index contributed by atoms with van der Waals surface area (Å²) in [4.78, 5) is 0.183. The van der Waals surface area contributed by atoms with E-state index in [1.807, 2.05) is 19.2 Å². The van der Waals surface area contributed by atoms with E-state index in [-0.39, 0.29) is 11.4 Å². The second-order valence-electron chi connectivity index (χ2n) is 8.03. The van der Waals surface area contributed by atoms with Gasteiger partial charge in [-0.15, -0.1) is 0 Å². The molecule has 0 saturated heterocycles. The smallest absolute Gasteiger partial charge is 0.243 e. The zero-order chi connectivity index (χ0) is 21.1. The third kappa shape index (κ3) is 4.48. The molecule has 0 aliphatic heterocycles. The summed E-state index contributed by atoms with van der Waals surface area (Å²) in [5, 5.41) is 7.29. The van der Waals surface area contributed by atoms with Gasteiger partial charge >= 0.3 is 0 Å². The molecular formula is C23H28N4O2S. The lowest BCUT2D eigenvalue weighted by molar-refractivity contribution is 0.436. The first-order valence-electron chi connectivity index (χ1n) is 10.2. The molecule has 1 aromatic heterocycles. The molecule has 6 nitrogen and oxygen atoms in total. The van der Waals surface area contributed by atoms with Gasteiger partial charge in [0.1, 0.15) is 4.90 Å². The fraction of sp³-hybridized carbons (Fsp3) is 0.348. The summed E-state index contributed by atoms with van der Waals surface area (Å²) in [5.41, 5.74) is 5.02. The lowest BCUT2D eigenvalue weighted by atomic mass is 9.86. The summed E-state index contributed by atoms with van der Waals surface area (Å²) in [6.07, 6.45) is 4.91. The molecule has 0 radical (unpaired) electrons. The highest BCUT2D eigenvalue weighted by Gasteiger charge is 2.32. The van der Waals surface area contributed by atoms with Crippen molar-refractivity contribution < 1.29 is 8.42 Å². The predicted molar refractivity (Wildman–Crippen MR) is 118 cm³/mol. The van der Waals surface area contributed by atoms with Crippen LogP contribution >= 0.6 is 0 Å². The van der Waals surface area contributed by atoms with Crippen LogP contribution in [-0.4, -0.2) is 31.8 Å². The van der Waals surface area contributed by atoms with Crippen LogP contribution in [0.2, 0.25) is 0 Å². The average Bonchev–Trinajstić information content (AvgIpc) is 3.32. The number of nitrogens with zero attached hydrogens (tertiary/aromatic N) is 2. The Bertz CT molecular complexity index is 1110. The normalized spacial score (nSPS) is 18.5. The van der Waals surface area contributed by atoms with Crippen molar-refractivity contribution in [2.24, 2.45) is 13.0 Å². The first-order valence-corrected chi connectivity index (χ1v) is 11.7. The van der Waals surface area contributed by atoms with Crippen LogP contribution in [0.4, 0.5) is 0 Å². The summed E-state index contributed by atoms with van der Waals surface area (Å²) in [6.45, 7) is 1.23. The Morgan fingerprint density at radius 3 is 2.63 bits per heavy atom. The Hall–Kier alpha value is -2.48. The predicted octanol–water partition coefficient (Wildman–Crippen LogP) is 2.62. The Morgan fingerprint density at radius 1 is 1.13 bits per heavy atom. The van der Waals surface area contributed by atoms with Crippen LogP contribution in [-0.2, 0) is 36.5 Å². The van der Waals surface area contributed by atoms with Crippen molar-refractivity contribution in [3.63, 3.8) is 0 Å². The van der Waals surface area contributed by atoms with Gasteiger partial charge in [0.05, 0.1) is 6.20 Å². The van der Waals surface area contributed by atoms with E-state index in [1.54, 1.807) is 7.05 Å². The van der Waals surface area contributed by atoms with Gasteiger partial charge in [-0.1, -0.05) is 48.5 Å². The molecule has 2 unspecified atom stereocenters. The molecule has 1 heterocycles. The minimum atomic E-state index is -3.58. The molecule has 7 heteroatoms. The summed E-state index contributed by atoms with van der Waals surface area (Å²) in [5.74, 6) is 0.956. The number of fused-ring (bicyclic) bond motifs is 1. The van der Waals surface area contributed by atoms with Crippen LogP contribution in [0.25, 0.3) is 0 Å². The first-order chi connectivity index (χ1) is 14.5. The van der Waals surface area contributed by atoms with Crippen molar-refractivity contribution in [2.75, 3.05) is 13.6 Å². The molecule has 1 aliphatic rings. The van der Waals surface area contributed by atoms with Gasteiger partial charge in [-0.25, -0.2) is 13.1 Å². The molecule has 158 valence electrons. The number of aromatic nitrogens is 2. The molecular weight excluding hydrogens is 396 g/mol. The maximum absolute atomic E-state index is 12.5. The number of hydrogen-bond acceptors (Lipinski definition) is 4. The van der Waals surface area contributed by atoms with Crippen LogP contribution in [0, 0.1) is 5.92 Å². The van der Waals surface area contributed by atoms with Gasteiger partial charge in [-0.3, -0.25) is 4.68 Å². The fourth-order valence-corrected chi connectivity index (χ4v) is 5.39. The van der Waals surface area contributed by atoms with Gasteiger partial charge in [0.25, 0.3) is 0 Å². The van der Waals surface area contributed by atoms with Crippen LogP contribution in [0.15, 0.2) is 65.8 Å². The van der Waals surface area contributed by atoms with E-state index in [0.717, 1.165) is 24.9 Å². The largest absolute Gasteiger partial charge is 0.319 e. The molecule has 2 aromatic carbocycles. The molecule has 0 fully saturated rings. The van der Waals surface area contributed by atoms with E-state index in [2.05, 4.69) is 51.5 Å². The Labute approximate surface area is 178 Å². The molecule has 30 heavy (non-hydrogen) atoms. The highest BCUT2D eigenvalue weighted by molar-refractivity contribution is 7.89. The van der Waals surface area contributed by atoms with Crippen molar-refractivity contribution in [1.29, 1.82) is 0 Å². The minimum Gasteiger partial charge on any atom is -0.319 e. The monoisotopic (exact) mass is 424 g/mol.